The molecule has 0 spiro atoms. The number of rotatable bonds is 7. The molecule has 37 heavy (non-hydrogen) atoms. The predicted octanol–water partition coefficient (Wildman–Crippen LogP) is 2.27. The van der Waals surface area contributed by atoms with Gasteiger partial charge in [0.05, 0.1) is 10.9 Å². The lowest BCUT2D eigenvalue weighted by Crippen LogP contribution is -2.36. The molecule has 3 atom stereocenters. The number of H-pyrrole nitrogens is 1. The standard InChI is InChI=1S/C24H18FN3O7S2/c25-12-3-5-13(6-4-12)26-15(29)10-35-14-7-1-11(2-8-14)17-18-20(36-21-19(17)37-24(34)27-21)23(33)28(22(18)32)9-16(30)31/h1-8,17-18,20H,9-10H2,(H,26,29)(H,27,34)(H,30,31)/t17-,18?,20?/m0/s1. The number of carbonyl (C=O) groups excluding carboxylic acids is 3. The van der Waals surface area contributed by atoms with Gasteiger partial charge in [0.15, 0.2) is 6.61 Å². The van der Waals surface area contributed by atoms with Crippen molar-refractivity contribution in [2.75, 3.05) is 18.5 Å². The number of imide groups is 1. The molecule has 1 aromatic heterocycles. The van der Waals surface area contributed by atoms with Crippen LogP contribution in [0.4, 0.5) is 10.1 Å². The highest BCUT2D eigenvalue weighted by atomic mass is 32.2. The van der Waals surface area contributed by atoms with Gasteiger partial charge in [0.2, 0.25) is 11.8 Å². The number of thioether (sulfide) groups is 1. The van der Waals surface area contributed by atoms with E-state index in [1.165, 1.54) is 24.3 Å². The van der Waals surface area contributed by atoms with E-state index in [1.54, 1.807) is 24.3 Å². The van der Waals surface area contributed by atoms with Crippen molar-refractivity contribution in [2.45, 2.75) is 16.2 Å². The van der Waals surface area contributed by atoms with Gasteiger partial charge in [0, 0.05) is 16.5 Å². The van der Waals surface area contributed by atoms with Crippen LogP contribution in [0.3, 0.4) is 0 Å². The number of amides is 3. The number of carboxylic acid groups (broad SMARTS) is 1. The van der Waals surface area contributed by atoms with Crippen LogP contribution < -0.4 is 14.9 Å². The largest absolute Gasteiger partial charge is 0.484 e. The average Bonchev–Trinajstić information content (AvgIpc) is 3.35. The number of nitrogens with one attached hydrogen (secondary N) is 2. The normalized spacial score (nSPS) is 20.4. The van der Waals surface area contributed by atoms with Gasteiger partial charge in [0.1, 0.15) is 23.4 Å². The van der Waals surface area contributed by atoms with E-state index < -0.39 is 53.1 Å². The van der Waals surface area contributed by atoms with Gasteiger partial charge >= 0.3 is 10.8 Å². The summed E-state index contributed by atoms with van der Waals surface area (Å²) in [5.74, 6) is -4.51. The predicted molar refractivity (Wildman–Crippen MR) is 131 cm³/mol. The van der Waals surface area contributed by atoms with Gasteiger partial charge in [-0.15, -0.1) is 0 Å². The lowest BCUT2D eigenvalue weighted by atomic mass is 9.83. The second-order valence-electron chi connectivity index (χ2n) is 8.32. The molecule has 0 saturated carbocycles. The third kappa shape index (κ3) is 4.87. The van der Waals surface area contributed by atoms with E-state index in [2.05, 4.69) is 10.3 Å². The molecule has 2 unspecified atom stereocenters. The lowest BCUT2D eigenvalue weighted by molar-refractivity contribution is -0.149. The van der Waals surface area contributed by atoms with Crippen LogP contribution in [0.5, 0.6) is 5.75 Å². The molecule has 3 N–H and O–H groups in total. The van der Waals surface area contributed by atoms with Crippen LogP contribution in [-0.4, -0.2) is 57.1 Å². The fraction of sp³-hybridized carbons (Fsp3) is 0.208. The summed E-state index contributed by atoms with van der Waals surface area (Å²) >= 11 is 2.01. The second kappa shape index (κ2) is 9.82. The zero-order valence-corrected chi connectivity index (χ0v) is 20.4. The first-order chi connectivity index (χ1) is 17.7. The van der Waals surface area contributed by atoms with Crippen molar-refractivity contribution in [2.24, 2.45) is 5.92 Å². The average molecular weight is 544 g/mol. The molecule has 1 fully saturated rings. The number of thiazole rings is 1. The SMILES string of the molecule is O=C(O)CN1C(=O)C2Sc3[nH]c(=O)sc3[C@@H](c3ccc(OCC(=O)Nc4ccc(F)cc4)cc3)C2C1=O. The topological polar surface area (TPSA) is 146 Å². The van der Waals surface area contributed by atoms with Crippen LogP contribution in [0, 0.1) is 11.7 Å². The van der Waals surface area contributed by atoms with E-state index in [0.29, 0.717) is 26.9 Å². The molecular formula is C24H18FN3O7S2. The molecule has 2 aliphatic rings. The Morgan fingerprint density at radius 3 is 2.43 bits per heavy atom. The van der Waals surface area contributed by atoms with Crippen molar-refractivity contribution < 1.29 is 33.4 Å². The van der Waals surface area contributed by atoms with Gasteiger partial charge in [-0.3, -0.25) is 28.9 Å². The van der Waals surface area contributed by atoms with Crippen LogP contribution in [-0.2, 0) is 19.2 Å². The molecule has 0 radical (unpaired) electrons. The number of anilines is 1. The van der Waals surface area contributed by atoms with Gasteiger partial charge in [-0.1, -0.05) is 35.2 Å². The summed E-state index contributed by atoms with van der Waals surface area (Å²) in [4.78, 5) is 65.2. The Morgan fingerprint density at radius 1 is 1.05 bits per heavy atom. The highest BCUT2D eigenvalue weighted by Crippen LogP contribution is 2.52. The number of benzene rings is 2. The van der Waals surface area contributed by atoms with Crippen LogP contribution in [0.2, 0.25) is 0 Å². The molecular weight excluding hydrogens is 525 g/mol. The highest BCUT2D eigenvalue weighted by Gasteiger charge is 2.56. The number of ether oxygens (including phenoxy) is 1. The number of nitrogens with zero attached hydrogens (tertiary/aromatic N) is 1. The number of halogens is 1. The number of aromatic amines is 1. The van der Waals surface area contributed by atoms with Crippen LogP contribution in [0.1, 0.15) is 16.4 Å². The van der Waals surface area contributed by atoms with Gasteiger partial charge in [-0.25, -0.2) is 4.39 Å². The summed E-state index contributed by atoms with van der Waals surface area (Å²) in [6, 6.07) is 11.8. The molecule has 0 aliphatic carbocycles. The fourth-order valence-electron chi connectivity index (χ4n) is 4.38. The van der Waals surface area contributed by atoms with E-state index in [-0.39, 0.29) is 11.5 Å². The lowest BCUT2D eigenvalue weighted by Gasteiger charge is -2.29. The molecule has 3 aromatic rings. The summed E-state index contributed by atoms with van der Waals surface area (Å²) < 4.78 is 18.5. The van der Waals surface area contributed by atoms with E-state index >= 15 is 0 Å². The Hall–Kier alpha value is -3.97. The van der Waals surface area contributed by atoms with Gasteiger partial charge in [-0.05, 0) is 42.0 Å². The van der Waals surface area contributed by atoms with Crippen molar-refractivity contribution in [3.63, 3.8) is 0 Å². The first-order valence-corrected chi connectivity index (χ1v) is 12.7. The number of carboxylic acids is 1. The number of hydrogen-bond donors (Lipinski definition) is 3. The van der Waals surface area contributed by atoms with Crippen molar-refractivity contribution in [1.29, 1.82) is 0 Å². The number of fused-ring (bicyclic) bond motifs is 2. The molecule has 190 valence electrons. The minimum absolute atomic E-state index is 0.303. The molecule has 13 heteroatoms. The van der Waals surface area contributed by atoms with Crippen LogP contribution in [0.15, 0.2) is 58.4 Å². The number of aromatic nitrogens is 1. The molecule has 2 aromatic carbocycles. The molecule has 3 amide bonds. The molecule has 0 bridgehead atoms. The molecule has 1 saturated heterocycles. The van der Waals surface area contributed by atoms with Gasteiger partial charge in [0.25, 0.3) is 5.91 Å². The van der Waals surface area contributed by atoms with Crippen molar-refractivity contribution in [3.8, 4) is 5.75 Å². The number of aliphatic carboxylic acids is 1. The fourth-order valence-corrected chi connectivity index (χ4v) is 6.91. The third-order valence-electron chi connectivity index (χ3n) is 5.95. The molecule has 2 aliphatic heterocycles. The minimum Gasteiger partial charge on any atom is -0.484 e. The summed E-state index contributed by atoms with van der Waals surface area (Å²) in [6.45, 7) is -1.03. The van der Waals surface area contributed by atoms with Gasteiger partial charge < -0.3 is 20.1 Å². The zero-order chi connectivity index (χ0) is 26.3. The van der Waals surface area contributed by atoms with Crippen molar-refractivity contribution >= 4 is 52.5 Å². The minimum atomic E-state index is -1.30. The molecule has 10 nitrogen and oxygen atoms in total. The van der Waals surface area contributed by atoms with E-state index in [1.807, 2.05) is 0 Å². The summed E-state index contributed by atoms with van der Waals surface area (Å²) in [7, 11) is 0. The molecule has 3 heterocycles. The first kappa shape index (κ1) is 24.7. The van der Waals surface area contributed by atoms with E-state index in [9.17, 15) is 28.4 Å². The second-order valence-corrected chi connectivity index (χ2v) is 10.5. The number of hydrogen-bond acceptors (Lipinski definition) is 8. The number of carbonyl (C=O) groups is 4. The summed E-state index contributed by atoms with van der Waals surface area (Å²) in [6.07, 6.45) is 0. The molecule has 5 rings (SSSR count). The highest BCUT2D eigenvalue weighted by molar-refractivity contribution is 8.00. The summed E-state index contributed by atoms with van der Waals surface area (Å²) in [5.41, 5.74) is 1.05. The summed E-state index contributed by atoms with van der Waals surface area (Å²) in [5, 5.41) is 11.4. The van der Waals surface area contributed by atoms with Crippen LogP contribution >= 0.6 is 23.1 Å². The maximum Gasteiger partial charge on any atom is 0.323 e. The zero-order valence-electron chi connectivity index (χ0n) is 18.8. The quantitative estimate of drug-likeness (QED) is 0.385. The van der Waals surface area contributed by atoms with E-state index in [4.69, 9.17) is 9.84 Å². The third-order valence-corrected chi connectivity index (χ3v) is 8.35. The Balaban J connectivity index is 1.35. The Labute approximate surface area is 216 Å². The van der Waals surface area contributed by atoms with Crippen molar-refractivity contribution in [1.82, 2.24) is 9.88 Å². The number of likely N-dealkylation sites (tertiary alicyclic amines) is 1. The Morgan fingerprint density at radius 2 is 1.76 bits per heavy atom. The van der Waals surface area contributed by atoms with E-state index in [0.717, 1.165) is 28.0 Å². The first-order valence-electron chi connectivity index (χ1n) is 11.0. The smallest absolute Gasteiger partial charge is 0.323 e. The van der Waals surface area contributed by atoms with Crippen molar-refractivity contribution in [3.05, 3.63) is 74.5 Å². The maximum atomic E-state index is 13.2. The Bertz CT molecular complexity index is 1450. The Kier molecular flexibility index (Phi) is 6.56. The monoisotopic (exact) mass is 543 g/mol. The van der Waals surface area contributed by atoms with Gasteiger partial charge in [-0.2, -0.15) is 0 Å². The maximum absolute atomic E-state index is 13.2. The van der Waals surface area contributed by atoms with Crippen LogP contribution in [0.25, 0.3) is 0 Å².